The van der Waals surface area contributed by atoms with Crippen LogP contribution in [0.2, 0.25) is 0 Å². The largest absolute Gasteiger partial charge is 0.463 e. The van der Waals surface area contributed by atoms with Gasteiger partial charge in [-0.25, -0.2) is 0 Å². The maximum absolute atomic E-state index is 11.5. The lowest BCUT2D eigenvalue weighted by atomic mass is 10.2. The van der Waals surface area contributed by atoms with E-state index >= 15 is 0 Å². The van der Waals surface area contributed by atoms with E-state index in [9.17, 15) is 9.90 Å². The number of unbranched alkanes of at least 4 members (excludes halogenated alkanes) is 1. The van der Waals surface area contributed by atoms with E-state index in [-0.39, 0.29) is 25.6 Å². The summed E-state index contributed by atoms with van der Waals surface area (Å²) in [5.41, 5.74) is 0. The molecule has 2 N–H and O–H groups in total. The Morgan fingerprint density at radius 3 is 1.86 bits per heavy atom. The molecule has 158 valence electrons. The average Bonchev–Trinajstić information content (AvgIpc) is 2.69. The predicted molar refractivity (Wildman–Crippen MR) is 117 cm³/mol. The first-order chi connectivity index (χ1) is 13.7. The fraction of sp³-hybridized carbons (Fsp3) is 0.542. The highest BCUT2D eigenvalue weighted by atomic mass is 16.5. The van der Waals surface area contributed by atoms with Gasteiger partial charge in [0.2, 0.25) is 0 Å². The quantitative estimate of drug-likeness (QED) is 0.204. The molecule has 0 fully saturated rings. The second-order valence-corrected chi connectivity index (χ2v) is 6.45. The van der Waals surface area contributed by atoms with E-state index in [2.05, 4.69) is 67.7 Å². The number of esters is 1. The number of allylic oxidation sites excluding steroid dienone is 10. The first-order valence-corrected chi connectivity index (χ1v) is 10.4. The third-order valence-corrected chi connectivity index (χ3v) is 3.81. The molecule has 0 aliphatic heterocycles. The maximum atomic E-state index is 11.5. The standard InChI is InChI=1S/C24H38O4/c1-2-3-4-5-6-7-8-9-10-11-12-13-14-15-16-17-18-19-24(27)28-22-23(26)20-21-25/h3-4,6-7,9-10,12-13,15-16,23,25-26H,2,5,8,11,14,17-22H2,1H3/b4-3-,7-6-,10-9-,13-12-,16-15-. The molecule has 0 aromatic carbocycles. The SMILES string of the molecule is CC/C=C\C/C=C\C/C=C\C/C=C\C/C=C\CCCC(=O)OCC(O)CCO. The number of rotatable bonds is 17. The van der Waals surface area contributed by atoms with Crippen LogP contribution in [0.25, 0.3) is 0 Å². The molecule has 0 bridgehead atoms. The first kappa shape index (κ1) is 26.1. The molecule has 4 nitrogen and oxygen atoms in total. The molecular weight excluding hydrogens is 352 g/mol. The maximum Gasteiger partial charge on any atom is 0.305 e. The van der Waals surface area contributed by atoms with Crippen LogP contribution in [-0.4, -0.2) is 35.5 Å². The van der Waals surface area contributed by atoms with Crippen LogP contribution < -0.4 is 0 Å². The molecule has 0 amide bonds. The van der Waals surface area contributed by atoms with Crippen LogP contribution in [0.5, 0.6) is 0 Å². The molecule has 0 aromatic rings. The van der Waals surface area contributed by atoms with Crippen LogP contribution >= 0.6 is 0 Å². The van der Waals surface area contributed by atoms with Gasteiger partial charge >= 0.3 is 5.97 Å². The molecule has 0 saturated heterocycles. The molecule has 1 atom stereocenters. The molecule has 0 rings (SSSR count). The van der Waals surface area contributed by atoms with Gasteiger partial charge in [0.15, 0.2) is 0 Å². The average molecular weight is 391 g/mol. The second-order valence-electron chi connectivity index (χ2n) is 6.45. The summed E-state index contributed by atoms with van der Waals surface area (Å²) in [5, 5.41) is 18.0. The van der Waals surface area contributed by atoms with Gasteiger partial charge < -0.3 is 14.9 Å². The number of hydrogen-bond acceptors (Lipinski definition) is 4. The van der Waals surface area contributed by atoms with Crippen molar-refractivity contribution in [3.05, 3.63) is 60.8 Å². The van der Waals surface area contributed by atoms with Crippen LogP contribution in [0.4, 0.5) is 0 Å². The minimum Gasteiger partial charge on any atom is -0.463 e. The molecule has 0 spiro atoms. The van der Waals surface area contributed by atoms with Gasteiger partial charge in [0, 0.05) is 13.0 Å². The summed E-state index contributed by atoms with van der Waals surface area (Å²) < 4.78 is 4.94. The molecule has 1 unspecified atom stereocenters. The van der Waals surface area contributed by atoms with Gasteiger partial charge in [-0.15, -0.1) is 0 Å². The van der Waals surface area contributed by atoms with Crippen molar-refractivity contribution >= 4 is 5.97 Å². The van der Waals surface area contributed by atoms with E-state index in [0.29, 0.717) is 6.42 Å². The topological polar surface area (TPSA) is 66.8 Å². The minimum absolute atomic E-state index is 0.0406. The number of aliphatic hydroxyl groups is 2. The van der Waals surface area contributed by atoms with Crippen molar-refractivity contribution in [3.8, 4) is 0 Å². The van der Waals surface area contributed by atoms with Crippen molar-refractivity contribution in [2.75, 3.05) is 13.2 Å². The zero-order chi connectivity index (χ0) is 20.7. The molecule has 0 heterocycles. The Hall–Kier alpha value is -1.91. The minimum atomic E-state index is -0.778. The lowest BCUT2D eigenvalue weighted by Crippen LogP contribution is -2.19. The number of carbonyl (C=O) groups is 1. The van der Waals surface area contributed by atoms with Crippen LogP contribution in [0.15, 0.2) is 60.8 Å². The zero-order valence-corrected chi connectivity index (χ0v) is 17.3. The Morgan fingerprint density at radius 2 is 1.36 bits per heavy atom. The van der Waals surface area contributed by atoms with E-state index in [0.717, 1.165) is 44.9 Å². The van der Waals surface area contributed by atoms with Crippen molar-refractivity contribution in [2.45, 2.75) is 70.8 Å². The molecule has 28 heavy (non-hydrogen) atoms. The summed E-state index contributed by atoms with van der Waals surface area (Å²) in [5.74, 6) is -0.302. The van der Waals surface area contributed by atoms with Crippen LogP contribution in [0.1, 0.15) is 64.7 Å². The van der Waals surface area contributed by atoms with Gasteiger partial charge in [0.05, 0.1) is 6.10 Å². The monoisotopic (exact) mass is 390 g/mol. The molecule has 0 aliphatic carbocycles. The highest BCUT2D eigenvalue weighted by Gasteiger charge is 2.07. The van der Waals surface area contributed by atoms with Crippen molar-refractivity contribution in [1.82, 2.24) is 0 Å². The molecule has 4 heteroatoms. The Kier molecular flexibility index (Phi) is 19.9. The fourth-order valence-corrected chi connectivity index (χ4v) is 2.23. The van der Waals surface area contributed by atoms with Gasteiger partial charge in [-0.1, -0.05) is 67.7 Å². The van der Waals surface area contributed by atoms with E-state index in [1.54, 1.807) is 0 Å². The van der Waals surface area contributed by atoms with Crippen LogP contribution in [0.3, 0.4) is 0 Å². The number of ether oxygens (including phenoxy) is 1. The predicted octanol–water partition coefficient (Wildman–Crippen LogP) is 5.19. The van der Waals surface area contributed by atoms with Crippen molar-refractivity contribution in [1.29, 1.82) is 0 Å². The van der Waals surface area contributed by atoms with Gasteiger partial charge in [-0.05, 0) is 51.4 Å². The van der Waals surface area contributed by atoms with E-state index < -0.39 is 6.10 Å². The molecular formula is C24H38O4. The van der Waals surface area contributed by atoms with Crippen LogP contribution in [0, 0.1) is 0 Å². The smallest absolute Gasteiger partial charge is 0.305 e. The highest BCUT2D eigenvalue weighted by molar-refractivity contribution is 5.69. The summed E-state index contributed by atoms with van der Waals surface area (Å²) in [4.78, 5) is 11.5. The normalized spacial score (nSPS) is 13.7. The number of aliphatic hydroxyl groups excluding tert-OH is 2. The summed E-state index contributed by atoms with van der Waals surface area (Å²) in [6.07, 6.45) is 27.9. The fourth-order valence-electron chi connectivity index (χ4n) is 2.23. The molecule has 0 aliphatic rings. The summed E-state index contributed by atoms with van der Waals surface area (Å²) in [6.45, 7) is 1.99. The third-order valence-electron chi connectivity index (χ3n) is 3.81. The van der Waals surface area contributed by atoms with E-state index in [4.69, 9.17) is 9.84 Å². The molecule has 0 radical (unpaired) electrons. The van der Waals surface area contributed by atoms with E-state index in [1.807, 2.05) is 0 Å². The van der Waals surface area contributed by atoms with Gasteiger partial charge in [0.25, 0.3) is 0 Å². The Labute approximate surface area is 171 Å². The Balaban J connectivity index is 3.55. The molecule has 0 saturated carbocycles. The highest BCUT2D eigenvalue weighted by Crippen LogP contribution is 2.02. The number of carbonyl (C=O) groups excluding carboxylic acids is 1. The summed E-state index contributed by atoms with van der Waals surface area (Å²) in [7, 11) is 0. The third kappa shape index (κ3) is 20.4. The van der Waals surface area contributed by atoms with Crippen molar-refractivity contribution in [2.24, 2.45) is 0 Å². The van der Waals surface area contributed by atoms with Gasteiger partial charge in [-0.3, -0.25) is 4.79 Å². The first-order valence-electron chi connectivity index (χ1n) is 10.4. The van der Waals surface area contributed by atoms with E-state index in [1.165, 1.54) is 0 Å². The van der Waals surface area contributed by atoms with Crippen LogP contribution in [-0.2, 0) is 9.53 Å². The summed E-state index contributed by atoms with van der Waals surface area (Å²) >= 11 is 0. The second kappa shape index (κ2) is 21.4. The van der Waals surface area contributed by atoms with Crippen molar-refractivity contribution in [3.63, 3.8) is 0 Å². The Bertz CT molecular complexity index is 501. The number of hydrogen-bond donors (Lipinski definition) is 2. The zero-order valence-electron chi connectivity index (χ0n) is 17.3. The Morgan fingerprint density at radius 1 is 0.857 bits per heavy atom. The van der Waals surface area contributed by atoms with Gasteiger partial charge in [-0.2, -0.15) is 0 Å². The molecule has 0 aromatic heterocycles. The van der Waals surface area contributed by atoms with Gasteiger partial charge in [0.1, 0.15) is 6.61 Å². The summed E-state index contributed by atoms with van der Waals surface area (Å²) in [6, 6.07) is 0. The van der Waals surface area contributed by atoms with Crippen molar-refractivity contribution < 1.29 is 19.7 Å². The lowest BCUT2D eigenvalue weighted by Gasteiger charge is -2.09. The lowest BCUT2D eigenvalue weighted by molar-refractivity contribution is -0.147.